The molecule has 0 unspecified atom stereocenters. The average molecular weight is 336 g/mol. The second kappa shape index (κ2) is 8.99. The number of carbonyl (C=O) groups is 1. The lowest BCUT2D eigenvalue weighted by Crippen LogP contribution is -2.38. The van der Waals surface area contributed by atoms with Crippen molar-refractivity contribution in [1.82, 2.24) is 15.8 Å². The fraction of sp³-hybridized carbons (Fsp3) is 0.300. The van der Waals surface area contributed by atoms with Gasteiger partial charge in [-0.15, -0.1) is 0 Å². The summed E-state index contributed by atoms with van der Waals surface area (Å²) in [6, 6.07) is 20.0. The number of likely N-dealkylation sites (tertiary alicyclic amines) is 1. The molecule has 2 N–H and O–H groups in total. The van der Waals surface area contributed by atoms with Gasteiger partial charge in [0.25, 0.3) is 5.91 Å². The number of rotatable bonds is 6. The number of aliphatic imine (C=N–C) groups is 1. The minimum atomic E-state index is -0.162. The van der Waals surface area contributed by atoms with Crippen molar-refractivity contribution >= 4 is 12.2 Å². The van der Waals surface area contributed by atoms with Crippen LogP contribution in [0, 0.1) is 0 Å². The highest BCUT2D eigenvalue weighted by atomic mass is 16.2. The van der Waals surface area contributed by atoms with Gasteiger partial charge < -0.3 is 0 Å². The van der Waals surface area contributed by atoms with Gasteiger partial charge in [0.15, 0.2) is 0 Å². The van der Waals surface area contributed by atoms with Gasteiger partial charge in [-0.3, -0.25) is 25.5 Å². The zero-order valence-corrected chi connectivity index (χ0v) is 14.3. The Morgan fingerprint density at radius 2 is 1.68 bits per heavy atom. The molecule has 5 heteroatoms. The number of nitrogens with one attached hydrogen (secondary N) is 2. The first-order valence-corrected chi connectivity index (χ1v) is 8.70. The molecule has 5 nitrogen and oxygen atoms in total. The summed E-state index contributed by atoms with van der Waals surface area (Å²) in [6.45, 7) is 3.10. The molecule has 1 aliphatic heterocycles. The van der Waals surface area contributed by atoms with Crippen molar-refractivity contribution < 1.29 is 4.79 Å². The predicted octanol–water partition coefficient (Wildman–Crippen LogP) is 2.61. The molecule has 0 atom stereocenters. The highest BCUT2D eigenvalue weighted by molar-refractivity contribution is 5.94. The highest BCUT2D eigenvalue weighted by Gasteiger charge is 2.17. The fourth-order valence-corrected chi connectivity index (χ4v) is 2.97. The standard InChI is InChI=1S/C20H24N4O/c25-20(18-9-5-2-6-10-18)23-22-16-21-19-11-13-24(14-12-19)15-17-7-3-1-4-8-17/h1-10,16,19H,11-15H2,(H,21,22)(H,23,25). The Balaban J connectivity index is 1.36. The van der Waals surface area contributed by atoms with Crippen LogP contribution in [0.2, 0.25) is 0 Å². The summed E-state index contributed by atoms with van der Waals surface area (Å²) >= 11 is 0. The summed E-state index contributed by atoms with van der Waals surface area (Å²) in [4.78, 5) is 18.8. The van der Waals surface area contributed by atoms with Crippen LogP contribution in [0.1, 0.15) is 28.8 Å². The average Bonchev–Trinajstić information content (AvgIpc) is 2.68. The molecule has 2 aromatic carbocycles. The summed E-state index contributed by atoms with van der Waals surface area (Å²) in [7, 11) is 0. The second-order valence-electron chi connectivity index (χ2n) is 6.24. The van der Waals surface area contributed by atoms with E-state index in [2.05, 4.69) is 45.0 Å². The Labute approximate surface area is 148 Å². The largest absolute Gasteiger partial charge is 0.299 e. The monoisotopic (exact) mass is 336 g/mol. The van der Waals surface area contributed by atoms with E-state index in [1.165, 1.54) is 5.56 Å². The van der Waals surface area contributed by atoms with Crippen LogP contribution < -0.4 is 10.9 Å². The molecular weight excluding hydrogens is 312 g/mol. The molecular formula is C20H24N4O. The van der Waals surface area contributed by atoms with Gasteiger partial charge in [-0.05, 0) is 30.5 Å². The summed E-state index contributed by atoms with van der Waals surface area (Å²) < 4.78 is 0. The number of piperidine rings is 1. The summed E-state index contributed by atoms with van der Waals surface area (Å²) in [5.74, 6) is -0.162. The van der Waals surface area contributed by atoms with Crippen molar-refractivity contribution in [2.75, 3.05) is 13.1 Å². The number of carbonyl (C=O) groups excluding carboxylic acids is 1. The first kappa shape index (κ1) is 17.2. The molecule has 0 spiro atoms. The van der Waals surface area contributed by atoms with Crippen molar-refractivity contribution in [3.63, 3.8) is 0 Å². The van der Waals surface area contributed by atoms with E-state index in [0.29, 0.717) is 11.6 Å². The van der Waals surface area contributed by atoms with Crippen molar-refractivity contribution in [2.45, 2.75) is 25.4 Å². The van der Waals surface area contributed by atoms with E-state index in [9.17, 15) is 4.79 Å². The van der Waals surface area contributed by atoms with Gasteiger partial charge in [0, 0.05) is 25.2 Å². The van der Waals surface area contributed by atoms with Crippen LogP contribution in [0.5, 0.6) is 0 Å². The Morgan fingerprint density at radius 3 is 2.36 bits per heavy atom. The summed E-state index contributed by atoms with van der Waals surface area (Å²) in [5.41, 5.74) is 7.39. The van der Waals surface area contributed by atoms with Gasteiger partial charge in [0.05, 0.1) is 6.04 Å². The molecule has 0 bridgehead atoms. The van der Waals surface area contributed by atoms with Gasteiger partial charge in [-0.1, -0.05) is 48.5 Å². The maximum Gasteiger partial charge on any atom is 0.269 e. The van der Waals surface area contributed by atoms with Crippen LogP contribution in [0.3, 0.4) is 0 Å². The Hall–Kier alpha value is -2.66. The first-order chi connectivity index (χ1) is 12.3. The minimum Gasteiger partial charge on any atom is -0.299 e. The molecule has 3 rings (SSSR count). The second-order valence-corrected chi connectivity index (χ2v) is 6.24. The number of hydrogen-bond donors (Lipinski definition) is 2. The van der Waals surface area contributed by atoms with Crippen molar-refractivity contribution in [1.29, 1.82) is 0 Å². The summed E-state index contributed by atoms with van der Waals surface area (Å²) in [5, 5.41) is 0. The van der Waals surface area contributed by atoms with Gasteiger partial charge in [0.1, 0.15) is 6.34 Å². The number of hydrogen-bond acceptors (Lipinski definition) is 3. The van der Waals surface area contributed by atoms with E-state index in [1.807, 2.05) is 24.3 Å². The lowest BCUT2D eigenvalue weighted by Gasteiger charge is -2.30. The normalized spacial score (nSPS) is 16.0. The molecule has 1 heterocycles. The number of amides is 1. The molecule has 0 aromatic heterocycles. The lowest BCUT2D eigenvalue weighted by atomic mass is 10.1. The fourth-order valence-electron chi connectivity index (χ4n) is 2.97. The van der Waals surface area contributed by atoms with Crippen LogP contribution in [-0.2, 0) is 6.54 Å². The Bertz CT molecular complexity index is 679. The van der Waals surface area contributed by atoms with E-state index < -0.39 is 0 Å². The molecule has 2 aromatic rings. The molecule has 1 saturated heterocycles. The minimum absolute atomic E-state index is 0.162. The van der Waals surface area contributed by atoms with Gasteiger partial charge in [0.2, 0.25) is 0 Å². The van der Waals surface area contributed by atoms with Crippen LogP contribution in [-0.4, -0.2) is 36.3 Å². The number of nitrogens with zero attached hydrogens (tertiary/aromatic N) is 2. The van der Waals surface area contributed by atoms with Crippen LogP contribution in [0.4, 0.5) is 0 Å². The number of hydrazine groups is 1. The van der Waals surface area contributed by atoms with Crippen LogP contribution >= 0.6 is 0 Å². The Kier molecular flexibility index (Phi) is 6.17. The van der Waals surface area contributed by atoms with Crippen molar-refractivity contribution in [3.8, 4) is 0 Å². The van der Waals surface area contributed by atoms with E-state index >= 15 is 0 Å². The molecule has 0 aliphatic carbocycles. The van der Waals surface area contributed by atoms with Crippen molar-refractivity contribution in [2.24, 2.45) is 4.99 Å². The highest BCUT2D eigenvalue weighted by Crippen LogP contribution is 2.15. The molecule has 25 heavy (non-hydrogen) atoms. The first-order valence-electron chi connectivity index (χ1n) is 8.70. The SMILES string of the molecule is O=C(NNC=NC1CCN(Cc2ccccc2)CC1)c1ccccc1. The lowest BCUT2D eigenvalue weighted by molar-refractivity contribution is 0.0944. The van der Waals surface area contributed by atoms with Crippen LogP contribution in [0.15, 0.2) is 65.7 Å². The Morgan fingerprint density at radius 1 is 1.04 bits per heavy atom. The predicted molar refractivity (Wildman–Crippen MR) is 100 cm³/mol. The van der Waals surface area contributed by atoms with Crippen LogP contribution in [0.25, 0.3) is 0 Å². The molecule has 0 radical (unpaired) electrons. The third-order valence-electron chi connectivity index (χ3n) is 4.38. The van der Waals surface area contributed by atoms with Crippen molar-refractivity contribution in [3.05, 3.63) is 71.8 Å². The van der Waals surface area contributed by atoms with E-state index in [4.69, 9.17) is 0 Å². The van der Waals surface area contributed by atoms with E-state index in [1.54, 1.807) is 18.5 Å². The smallest absolute Gasteiger partial charge is 0.269 e. The van der Waals surface area contributed by atoms with Gasteiger partial charge in [-0.25, -0.2) is 0 Å². The van der Waals surface area contributed by atoms with Gasteiger partial charge in [-0.2, -0.15) is 0 Å². The van der Waals surface area contributed by atoms with E-state index in [-0.39, 0.29) is 5.91 Å². The third kappa shape index (κ3) is 5.43. The number of benzene rings is 2. The molecule has 1 aliphatic rings. The third-order valence-corrected chi connectivity index (χ3v) is 4.38. The van der Waals surface area contributed by atoms with E-state index in [0.717, 1.165) is 32.5 Å². The molecule has 130 valence electrons. The maximum absolute atomic E-state index is 11.9. The molecule has 1 amide bonds. The topological polar surface area (TPSA) is 56.7 Å². The summed E-state index contributed by atoms with van der Waals surface area (Å²) in [6.07, 6.45) is 3.67. The zero-order chi connectivity index (χ0) is 17.3. The maximum atomic E-state index is 11.9. The van der Waals surface area contributed by atoms with Gasteiger partial charge >= 0.3 is 0 Å². The molecule has 0 saturated carbocycles. The quantitative estimate of drug-likeness (QED) is 0.484. The zero-order valence-electron chi connectivity index (χ0n) is 14.3. The molecule has 1 fully saturated rings.